The molecule has 0 heterocycles. The largest absolute Gasteiger partial charge is 0.481 e. The van der Waals surface area contributed by atoms with E-state index in [9.17, 15) is 19.8 Å². The average molecular weight is 367 g/mol. The van der Waals surface area contributed by atoms with Crippen LogP contribution in [0.3, 0.4) is 0 Å². The SMILES string of the molecule is CCC(COCCC(=O)O)(COCCC(=O)O)NCC(O)C(O)CO. The molecular weight excluding hydrogens is 338 g/mol. The van der Waals surface area contributed by atoms with Crippen molar-refractivity contribution in [1.29, 1.82) is 0 Å². The first-order chi connectivity index (χ1) is 11.8. The first kappa shape index (κ1) is 23.7. The maximum Gasteiger partial charge on any atom is 0.305 e. The van der Waals surface area contributed by atoms with Crippen LogP contribution in [0, 0.1) is 0 Å². The van der Waals surface area contributed by atoms with Crippen molar-refractivity contribution in [2.24, 2.45) is 0 Å². The lowest BCUT2D eigenvalue weighted by Crippen LogP contribution is -2.56. The van der Waals surface area contributed by atoms with Gasteiger partial charge in [0.2, 0.25) is 0 Å². The predicted molar refractivity (Wildman–Crippen MR) is 86.3 cm³/mol. The summed E-state index contributed by atoms with van der Waals surface area (Å²) >= 11 is 0. The molecule has 148 valence electrons. The molecule has 6 N–H and O–H groups in total. The van der Waals surface area contributed by atoms with Crippen LogP contribution in [0.2, 0.25) is 0 Å². The third kappa shape index (κ3) is 11.0. The molecule has 0 spiro atoms. The summed E-state index contributed by atoms with van der Waals surface area (Å²) in [7, 11) is 0. The smallest absolute Gasteiger partial charge is 0.305 e. The summed E-state index contributed by atoms with van der Waals surface area (Å²) in [6.07, 6.45) is -2.36. The molecule has 0 aliphatic heterocycles. The Morgan fingerprint density at radius 2 is 1.48 bits per heavy atom. The van der Waals surface area contributed by atoms with E-state index in [2.05, 4.69) is 5.32 Å². The first-order valence-electron chi connectivity index (χ1n) is 8.07. The fraction of sp³-hybridized carbons (Fsp3) is 0.867. The molecule has 0 aromatic rings. The highest BCUT2D eigenvalue weighted by Gasteiger charge is 2.30. The highest BCUT2D eigenvalue weighted by Crippen LogP contribution is 2.13. The van der Waals surface area contributed by atoms with Gasteiger partial charge in [0.25, 0.3) is 0 Å². The number of aliphatic hydroxyl groups excluding tert-OH is 3. The quantitative estimate of drug-likeness (QED) is 0.175. The third-order valence-electron chi connectivity index (χ3n) is 3.67. The van der Waals surface area contributed by atoms with Crippen LogP contribution in [0.15, 0.2) is 0 Å². The summed E-state index contributed by atoms with van der Waals surface area (Å²) in [4.78, 5) is 21.1. The lowest BCUT2D eigenvalue weighted by molar-refractivity contribution is -0.139. The Balaban J connectivity index is 4.66. The van der Waals surface area contributed by atoms with Gasteiger partial charge in [-0.1, -0.05) is 6.92 Å². The van der Waals surface area contributed by atoms with Gasteiger partial charge >= 0.3 is 11.9 Å². The highest BCUT2D eigenvalue weighted by molar-refractivity contribution is 5.67. The van der Waals surface area contributed by atoms with E-state index in [1.807, 2.05) is 6.92 Å². The van der Waals surface area contributed by atoms with Crippen molar-refractivity contribution in [3.05, 3.63) is 0 Å². The van der Waals surface area contributed by atoms with Gasteiger partial charge in [0, 0.05) is 6.54 Å². The lowest BCUT2D eigenvalue weighted by Gasteiger charge is -2.35. The van der Waals surface area contributed by atoms with Crippen LogP contribution in [-0.4, -0.2) is 94.8 Å². The summed E-state index contributed by atoms with van der Waals surface area (Å²) in [6.45, 7) is 1.32. The monoisotopic (exact) mass is 367 g/mol. The number of β-amino-alcohol motifs (C(OH)–C–C–N with tert-alkyl or cyclic N) is 1. The minimum Gasteiger partial charge on any atom is -0.481 e. The molecule has 0 aliphatic rings. The number of rotatable bonds is 16. The zero-order valence-electron chi connectivity index (χ0n) is 14.4. The summed E-state index contributed by atoms with van der Waals surface area (Å²) in [6, 6.07) is 0. The first-order valence-corrected chi connectivity index (χ1v) is 8.07. The zero-order chi connectivity index (χ0) is 19.3. The van der Waals surface area contributed by atoms with Gasteiger partial charge in [-0.05, 0) is 6.42 Å². The molecule has 0 saturated carbocycles. The minimum atomic E-state index is -1.30. The Morgan fingerprint density at radius 1 is 1.00 bits per heavy atom. The molecule has 10 heteroatoms. The van der Waals surface area contributed by atoms with Gasteiger partial charge in [0.05, 0.1) is 57.5 Å². The standard InChI is InChI=1S/C15H29NO9/c1-2-15(9-24-5-3-13(20)21,10-25-6-4-14(22)23)16-7-11(18)12(19)8-17/h11-12,16-19H,2-10H2,1H3,(H,20,21)(H,22,23). The Hall–Kier alpha value is -1.30. The molecule has 0 aliphatic carbocycles. The second-order valence-electron chi connectivity index (χ2n) is 5.72. The Morgan fingerprint density at radius 3 is 1.84 bits per heavy atom. The fourth-order valence-corrected chi connectivity index (χ4v) is 1.91. The Kier molecular flexibility index (Phi) is 12.3. The van der Waals surface area contributed by atoms with Crippen LogP contribution in [0.5, 0.6) is 0 Å². The number of nitrogens with one attached hydrogen (secondary N) is 1. The van der Waals surface area contributed by atoms with Crippen LogP contribution in [0.25, 0.3) is 0 Å². The van der Waals surface area contributed by atoms with Gasteiger partial charge in [-0.2, -0.15) is 0 Å². The summed E-state index contributed by atoms with van der Waals surface area (Å²) < 4.78 is 10.7. The van der Waals surface area contributed by atoms with Crippen molar-refractivity contribution in [1.82, 2.24) is 5.32 Å². The van der Waals surface area contributed by atoms with E-state index >= 15 is 0 Å². The average Bonchev–Trinajstić information content (AvgIpc) is 2.58. The van der Waals surface area contributed by atoms with Crippen LogP contribution < -0.4 is 5.32 Å². The van der Waals surface area contributed by atoms with Crippen LogP contribution in [0.4, 0.5) is 0 Å². The van der Waals surface area contributed by atoms with Gasteiger partial charge in [-0.3, -0.25) is 9.59 Å². The normalized spacial score (nSPS) is 14.2. The second-order valence-corrected chi connectivity index (χ2v) is 5.72. The Labute approximate surface area is 146 Å². The van der Waals surface area contributed by atoms with Crippen LogP contribution >= 0.6 is 0 Å². The molecule has 0 aromatic heterocycles. The van der Waals surface area contributed by atoms with Crippen molar-refractivity contribution in [3.63, 3.8) is 0 Å². The van der Waals surface area contributed by atoms with E-state index < -0.39 is 36.3 Å². The highest BCUT2D eigenvalue weighted by atomic mass is 16.5. The third-order valence-corrected chi connectivity index (χ3v) is 3.67. The second kappa shape index (κ2) is 13.0. The van der Waals surface area contributed by atoms with Gasteiger partial charge in [0.15, 0.2) is 0 Å². The number of carbonyl (C=O) groups is 2. The van der Waals surface area contributed by atoms with Gasteiger partial charge < -0.3 is 40.3 Å². The number of carboxylic acids is 2. The number of ether oxygens (including phenoxy) is 2. The molecule has 0 radical (unpaired) electrons. The number of aliphatic hydroxyl groups is 3. The van der Waals surface area contributed by atoms with Gasteiger partial charge in [-0.25, -0.2) is 0 Å². The van der Waals surface area contributed by atoms with Crippen molar-refractivity contribution in [3.8, 4) is 0 Å². The molecule has 0 rings (SSSR count). The fourth-order valence-electron chi connectivity index (χ4n) is 1.91. The molecule has 10 nitrogen and oxygen atoms in total. The van der Waals surface area contributed by atoms with E-state index in [1.165, 1.54) is 0 Å². The van der Waals surface area contributed by atoms with Crippen molar-refractivity contribution >= 4 is 11.9 Å². The summed E-state index contributed by atoms with van der Waals surface area (Å²) in [5, 5.41) is 48.3. The van der Waals surface area contributed by atoms with Crippen molar-refractivity contribution < 1.29 is 44.6 Å². The summed E-state index contributed by atoms with van der Waals surface area (Å²) in [5.74, 6) is -1.98. The van der Waals surface area contributed by atoms with E-state index in [0.29, 0.717) is 6.42 Å². The van der Waals surface area contributed by atoms with Gasteiger partial charge in [0.1, 0.15) is 6.10 Å². The Bertz CT molecular complexity index is 369. The lowest BCUT2D eigenvalue weighted by atomic mass is 9.97. The molecular formula is C15H29NO9. The zero-order valence-corrected chi connectivity index (χ0v) is 14.4. The number of aliphatic carboxylic acids is 2. The molecule has 0 aromatic carbocycles. The molecule has 0 fully saturated rings. The maximum atomic E-state index is 10.5. The molecule has 2 atom stereocenters. The van der Waals surface area contributed by atoms with Gasteiger partial charge in [-0.15, -0.1) is 0 Å². The topological polar surface area (TPSA) is 166 Å². The van der Waals surface area contributed by atoms with E-state index in [0.717, 1.165) is 0 Å². The molecule has 0 amide bonds. The summed E-state index contributed by atoms with van der Waals surface area (Å²) in [5.41, 5.74) is -0.798. The number of hydrogen-bond donors (Lipinski definition) is 6. The van der Waals surface area contributed by atoms with Crippen molar-refractivity contribution in [2.45, 2.75) is 43.9 Å². The number of carboxylic acid groups (broad SMARTS) is 2. The molecule has 25 heavy (non-hydrogen) atoms. The molecule has 2 unspecified atom stereocenters. The predicted octanol–water partition coefficient (Wildman–Crippen LogP) is -1.58. The number of hydrogen-bond acceptors (Lipinski definition) is 8. The molecule has 0 saturated heterocycles. The van der Waals surface area contributed by atoms with E-state index in [1.54, 1.807) is 0 Å². The minimum absolute atomic E-state index is 0.00426. The van der Waals surface area contributed by atoms with Crippen LogP contribution in [0.1, 0.15) is 26.2 Å². The van der Waals surface area contributed by atoms with Crippen molar-refractivity contribution in [2.75, 3.05) is 39.6 Å². The van der Waals surface area contributed by atoms with Crippen LogP contribution in [-0.2, 0) is 19.1 Å². The molecule has 0 bridgehead atoms. The maximum absolute atomic E-state index is 10.5. The van der Waals surface area contributed by atoms with E-state index in [-0.39, 0.29) is 45.8 Å². The van der Waals surface area contributed by atoms with E-state index in [4.69, 9.17) is 24.8 Å².